The molecule has 5 nitrogen and oxygen atoms in total. The molecule has 2 aromatic heterocycles. The van der Waals surface area contributed by atoms with Gasteiger partial charge in [0.2, 0.25) is 0 Å². The highest BCUT2D eigenvalue weighted by Gasteiger charge is 2.26. The number of nitrogens with zero attached hydrogens (tertiary/aromatic N) is 2. The molecule has 18 heavy (non-hydrogen) atoms. The van der Waals surface area contributed by atoms with E-state index in [2.05, 4.69) is 10.1 Å². The molecular weight excluding hydrogens is 230 g/mol. The van der Waals surface area contributed by atoms with E-state index in [0.717, 1.165) is 41.9 Å². The SMILES string of the molecule is Cc1c2c(nn1C)-c1c(C(=O)O)c[nH]c1CCC2. The van der Waals surface area contributed by atoms with E-state index in [1.54, 1.807) is 6.20 Å². The Morgan fingerprint density at radius 2 is 2.28 bits per heavy atom. The molecule has 94 valence electrons. The van der Waals surface area contributed by atoms with Gasteiger partial charge in [-0.15, -0.1) is 0 Å². The number of carbonyl (C=O) groups is 1. The van der Waals surface area contributed by atoms with Gasteiger partial charge in [-0.2, -0.15) is 5.10 Å². The molecule has 5 heteroatoms. The minimum absolute atomic E-state index is 0.325. The number of carboxylic acids is 1. The number of fused-ring (bicyclic) bond motifs is 3. The van der Waals surface area contributed by atoms with Crippen molar-refractivity contribution in [1.29, 1.82) is 0 Å². The van der Waals surface area contributed by atoms with Gasteiger partial charge >= 0.3 is 5.97 Å². The highest BCUT2D eigenvalue weighted by Crippen LogP contribution is 2.35. The fraction of sp³-hybridized carbons (Fsp3) is 0.385. The molecule has 2 heterocycles. The van der Waals surface area contributed by atoms with Gasteiger partial charge in [0.1, 0.15) is 0 Å². The summed E-state index contributed by atoms with van der Waals surface area (Å²) in [6, 6.07) is 0. The van der Waals surface area contributed by atoms with E-state index in [0.29, 0.717) is 5.56 Å². The molecule has 0 atom stereocenters. The van der Waals surface area contributed by atoms with E-state index in [4.69, 9.17) is 0 Å². The Hall–Kier alpha value is -2.04. The van der Waals surface area contributed by atoms with Crippen LogP contribution in [-0.4, -0.2) is 25.8 Å². The Labute approximate surface area is 104 Å². The van der Waals surface area contributed by atoms with Crippen LogP contribution in [0.25, 0.3) is 11.3 Å². The minimum Gasteiger partial charge on any atom is -0.478 e. The van der Waals surface area contributed by atoms with Crippen molar-refractivity contribution in [2.45, 2.75) is 26.2 Å². The Balaban J connectivity index is 2.32. The summed E-state index contributed by atoms with van der Waals surface area (Å²) in [6.45, 7) is 2.03. The van der Waals surface area contributed by atoms with Gasteiger partial charge in [-0.25, -0.2) is 4.79 Å². The van der Waals surface area contributed by atoms with Crippen molar-refractivity contribution in [1.82, 2.24) is 14.8 Å². The summed E-state index contributed by atoms with van der Waals surface area (Å²) < 4.78 is 1.83. The first-order chi connectivity index (χ1) is 8.59. The molecule has 0 bridgehead atoms. The molecule has 0 aliphatic heterocycles. The summed E-state index contributed by atoms with van der Waals surface area (Å²) in [6.07, 6.45) is 4.43. The van der Waals surface area contributed by atoms with E-state index < -0.39 is 5.97 Å². The molecule has 0 unspecified atom stereocenters. The first-order valence-corrected chi connectivity index (χ1v) is 6.06. The van der Waals surface area contributed by atoms with E-state index in [1.165, 1.54) is 5.56 Å². The summed E-state index contributed by atoms with van der Waals surface area (Å²) >= 11 is 0. The molecule has 0 spiro atoms. The number of aromatic nitrogens is 3. The number of hydrogen-bond acceptors (Lipinski definition) is 2. The molecule has 0 aromatic carbocycles. The quantitative estimate of drug-likeness (QED) is 0.806. The monoisotopic (exact) mass is 245 g/mol. The van der Waals surface area contributed by atoms with E-state index in [9.17, 15) is 9.90 Å². The van der Waals surface area contributed by atoms with Crippen molar-refractivity contribution >= 4 is 5.97 Å². The molecule has 0 fully saturated rings. The number of rotatable bonds is 1. The molecule has 0 amide bonds. The van der Waals surface area contributed by atoms with Crippen molar-refractivity contribution in [3.8, 4) is 11.3 Å². The highest BCUT2D eigenvalue weighted by molar-refractivity contribution is 5.97. The first-order valence-electron chi connectivity index (χ1n) is 6.06. The third-order valence-electron chi connectivity index (χ3n) is 3.74. The maximum Gasteiger partial charge on any atom is 0.337 e. The van der Waals surface area contributed by atoms with Crippen molar-refractivity contribution in [2.24, 2.45) is 7.05 Å². The third-order valence-corrected chi connectivity index (χ3v) is 3.74. The zero-order valence-electron chi connectivity index (χ0n) is 10.4. The van der Waals surface area contributed by atoms with Gasteiger partial charge in [-0.05, 0) is 26.2 Å². The van der Waals surface area contributed by atoms with Gasteiger partial charge in [0.15, 0.2) is 0 Å². The molecular formula is C13H15N3O2. The lowest BCUT2D eigenvalue weighted by atomic mass is 10.0. The smallest absolute Gasteiger partial charge is 0.337 e. The standard InChI is InChI=1S/C13H15N3O2/c1-7-8-4-3-5-10-11(12(8)15-16(7)2)9(6-14-10)13(17)18/h6,14H,3-5H2,1-2H3,(H,17,18). The molecule has 0 saturated carbocycles. The van der Waals surface area contributed by atoms with Crippen molar-refractivity contribution in [3.63, 3.8) is 0 Å². The number of carboxylic acid groups (broad SMARTS) is 1. The Morgan fingerprint density at radius 3 is 3.00 bits per heavy atom. The van der Waals surface area contributed by atoms with Crippen LogP contribution in [0.15, 0.2) is 6.20 Å². The van der Waals surface area contributed by atoms with Crippen LogP contribution in [0.5, 0.6) is 0 Å². The zero-order valence-corrected chi connectivity index (χ0v) is 10.4. The largest absolute Gasteiger partial charge is 0.478 e. The lowest BCUT2D eigenvalue weighted by Crippen LogP contribution is -1.98. The summed E-state index contributed by atoms with van der Waals surface area (Å²) in [5.74, 6) is -0.899. The number of nitrogens with one attached hydrogen (secondary N) is 1. The second-order valence-electron chi connectivity index (χ2n) is 4.75. The topological polar surface area (TPSA) is 70.9 Å². The lowest BCUT2D eigenvalue weighted by Gasteiger charge is -2.00. The molecule has 3 rings (SSSR count). The Bertz CT molecular complexity index is 637. The normalized spacial score (nSPS) is 13.9. The molecule has 2 aromatic rings. The van der Waals surface area contributed by atoms with Gasteiger partial charge in [-0.1, -0.05) is 0 Å². The van der Waals surface area contributed by atoms with Gasteiger partial charge in [0.05, 0.1) is 11.3 Å². The number of H-pyrrole nitrogens is 1. The average Bonchev–Trinajstić information content (AvgIpc) is 2.80. The van der Waals surface area contributed by atoms with Crippen LogP contribution in [-0.2, 0) is 19.9 Å². The summed E-state index contributed by atoms with van der Waals surface area (Å²) in [4.78, 5) is 14.4. The molecule has 2 N–H and O–H groups in total. The fourth-order valence-corrected chi connectivity index (χ4v) is 2.70. The van der Waals surface area contributed by atoms with Crippen molar-refractivity contribution in [3.05, 3.63) is 28.7 Å². The molecule has 0 radical (unpaired) electrons. The van der Waals surface area contributed by atoms with E-state index >= 15 is 0 Å². The van der Waals surface area contributed by atoms with E-state index in [-0.39, 0.29) is 0 Å². The van der Waals surface area contributed by atoms with Crippen molar-refractivity contribution < 1.29 is 9.90 Å². The summed E-state index contributed by atoms with van der Waals surface area (Å²) in [5.41, 5.74) is 5.23. The Morgan fingerprint density at radius 1 is 1.50 bits per heavy atom. The molecule has 1 aliphatic carbocycles. The van der Waals surface area contributed by atoms with Crippen LogP contribution >= 0.6 is 0 Å². The highest BCUT2D eigenvalue weighted by atomic mass is 16.4. The van der Waals surface area contributed by atoms with Crippen molar-refractivity contribution in [2.75, 3.05) is 0 Å². The third kappa shape index (κ3) is 1.40. The second-order valence-corrected chi connectivity index (χ2v) is 4.75. The first kappa shape index (κ1) is 11.1. The van der Waals surface area contributed by atoms with Crippen LogP contribution in [0.1, 0.15) is 33.7 Å². The van der Waals surface area contributed by atoms with Crippen LogP contribution in [0.3, 0.4) is 0 Å². The van der Waals surface area contributed by atoms with Crippen LogP contribution in [0, 0.1) is 6.92 Å². The summed E-state index contributed by atoms with van der Waals surface area (Å²) in [7, 11) is 1.90. The van der Waals surface area contributed by atoms with Crippen LogP contribution < -0.4 is 0 Å². The van der Waals surface area contributed by atoms with Crippen LogP contribution in [0.2, 0.25) is 0 Å². The number of aromatic carboxylic acids is 1. The molecule has 1 aliphatic rings. The summed E-state index contributed by atoms with van der Waals surface area (Å²) in [5, 5.41) is 13.8. The van der Waals surface area contributed by atoms with Gasteiger partial charge in [0, 0.05) is 35.8 Å². The van der Waals surface area contributed by atoms with Gasteiger partial charge < -0.3 is 10.1 Å². The van der Waals surface area contributed by atoms with E-state index in [1.807, 2.05) is 18.7 Å². The zero-order chi connectivity index (χ0) is 12.9. The lowest BCUT2D eigenvalue weighted by molar-refractivity contribution is 0.0698. The fourth-order valence-electron chi connectivity index (χ4n) is 2.70. The van der Waals surface area contributed by atoms with Gasteiger partial charge in [-0.3, -0.25) is 4.68 Å². The predicted octanol–water partition coefficient (Wildman–Crippen LogP) is 1.91. The average molecular weight is 245 g/mol. The maximum atomic E-state index is 11.3. The maximum absolute atomic E-state index is 11.3. The van der Waals surface area contributed by atoms with Gasteiger partial charge in [0.25, 0.3) is 0 Å². The number of aromatic amines is 1. The van der Waals surface area contributed by atoms with Crippen LogP contribution in [0.4, 0.5) is 0 Å². The molecule has 0 saturated heterocycles. The number of hydrogen-bond donors (Lipinski definition) is 2. The second kappa shape index (κ2) is 3.73. The number of aryl methyl sites for hydroxylation is 2. The Kier molecular flexibility index (Phi) is 2.29. The minimum atomic E-state index is -0.899. The predicted molar refractivity (Wildman–Crippen MR) is 66.7 cm³/mol.